The number of hydrogen-bond acceptors (Lipinski definition) is 2. The lowest BCUT2D eigenvalue weighted by Crippen LogP contribution is -2.31. The summed E-state index contributed by atoms with van der Waals surface area (Å²) in [6.45, 7) is 0.536. The SMILES string of the molecule is O=C(CN(Cc1ccc(F)cc1F)C1CC1)c1c[nH]c2ccccc12. The van der Waals surface area contributed by atoms with Gasteiger partial charge in [-0.2, -0.15) is 0 Å². The van der Waals surface area contributed by atoms with Crippen molar-refractivity contribution in [3.05, 3.63) is 71.4 Å². The fourth-order valence-corrected chi connectivity index (χ4v) is 3.19. The van der Waals surface area contributed by atoms with E-state index in [1.165, 1.54) is 12.1 Å². The second-order valence-electron chi connectivity index (χ2n) is 6.54. The van der Waals surface area contributed by atoms with Crippen molar-refractivity contribution in [3.8, 4) is 0 Å². The van der Waals surface area contributed by atoms with Gasteiger partial charge in [0.05, 0.1) is 6.54 Å². The zero-order valence-electron chi connectivity index (χ0n) is 13.6. The van der Waals surface area contributed by atoms with Crippen LogP contribution in [0.2, 0.25) is 0 Å². The third-order valence-electron chi connectivity index (χ3n) is 4.69. The number of rotatable bonds is 6. The molecule has 4 rings (SSSR count). The fourth-order valence-electron chi connectivity index (χ4n) is 3.19. The van der Waals surface area contributed by atoms with E-state index < -0.39 is 11.6 Å². The van der Waals surface area contributed by atoms with Crippen LogP contribution < -0.4 is 0 Å². The molecular weight excluding hydrogens is 322 g/mol. The summed E-state index contributed by atoms with van der Waals surface area (Å²) in [4.78, 5) is 17.9. The number of para-hydroxylation sites is 1. The van der Waals surface area contributed by atoms with Gasteiger partial charge < -0.3 is 4.98 Å². The van der Waals surface area contributed by atoms with Crippen molar-refractivity contribution < 1.29 is 13.6 Å². The number of aromatic amines is 1. The standard InChI is InChI=1S/C20H18F2N2O/c21-14-6-5-13(18(22)9-14)11-24(15-7-8-15)12-20(25)17-10-23-19-4-2-1-3-16(17)19/h1-6,9-10,15,23H,7-8,11-12H2. The average molecular weight is 340 g/mol. The van der Waals surface area contributed by atoms with Crippen LogP contribution in [0.4, 0.5) is 8.78 Å². The van der Waals surface area contributed by atoms with E-state index in [2.05, 4.69) is 4.98 Å². The normalized spacial score (nSPS) is 14.4. The van der Waals surface area contributed by atoms with Gasteiger partial charge in [-0.1, -0.05) is 24.3 Å². The maximum atomic E-state index is 14.0. The molecule has 2 aromatic carbocycles. The molecule has 1 aliphatic carbocycles. The van der Waals surface area contributed by atoms with Gasteiger partial charge in [-0.05, 0) is 25.0 Å². The lowest BCUT2D eigenvalue weighted by Gasteiger charge is -2.21. The Kier molecular flexibility index (Phi) is 4.09. The van der Waals surface area contributed by atoms with Crippen LogP contribution in [0.25, 0.3) is 10.9 Å². The van der Waals surface area contributed by atoms with E-state index in [9.17, 15) is 13.6 Å². The summed E-state index contributed by atoms with van der Waals surface area (Å²) in [6.07, 6.45) is 3.74. The highest BCUT2D eigenvalue weighted by atomic mass is 19.1. The zero-order valence-corrected chi connectivity index (χ0v) is 13.6. The number of carbonyl (C=O) groups excluding carboxylic acids is 1. The summed E-state index contributed by atoms with van der Waals surface area (Å²) in [5, 5.41) is 0.899. The Bertz CT molecular complexity index is 930. The quantitative estimate of drug-likeness (QED) is 0.680. The molecule has 0 unspecified atom stereocenters. The summed E-state index contributed by atoms with van der Waals surface area (Å²) in [5.41, 5.74) is 1.99. The topological polar surface area (TPSA) is 36.1 Å². The Balaban J connectivity index is 1.55. The van der Waals surface area contributed by atoms with Crippen LogP contribution in [0, 0.1) is 11.6 Å². The zero-order chi connectivity index (χ0) is 17.4. The van der Waals surface area contributed by atoms with Gasteiger partial charge in [0.25, 0.3) is 0 Å². The van der Waals surface area contributed by atoms with E-state index >= 15 is 0 Å². The van der Waals surface area contributed by atoms with Gasteiger partial charge in [0.15, 0.2) is 5.78 Å². The lowest BCUT2D eigenvalue weighted by atomic mass is 10.1. The molecule has 1 fully saturated rings. The summed E-state index contributed by atoms with van der Waals surface area (Å²) in [5.74, 6) is -1.15. The number of nitrogens with zero attached hydrogens (tertiary/aromatic N) is 1. The van der Waals surface area contributed by atoms with Crippen LogP contribution in [-0.2, 0) is 6.54 Å². The number of nitrogens with one attached hydrogen (secondary N) is 1. The van der Waals surface area contributed by atoms with Gasteiger partial charge in [0, 0.05) is 46.9 Å². The van der Waals surface area contributed by atoms with Crippen LogP contribution in [0.3, 0.4) is 0 Å². The third-order valence-corrected chi connectivity index (χ3v) is 4.69. The Morgan fingerprint density at radius 1 is 1.16 bits per heavy atom. The van der Waals surface area contributed by atoms with E-state index in [4.69, 9.17) is 0 Å². The van der Waals surface area contributed by atoms with Crippen molar-refractivity contribution in [2.45, 2.75) is 25.4 Å². The first-order chi connectivity index (χ1) is 12.1. The maximum Gasteiger partial charge on any atom is 0.178 e. The van der Waals surface area contributed by atoms with Crippen LogP contribution in [0.1, 0.15) is 28.8 Å². The minimum atomic E-state index is -0.589. The van der Waals surface area contributed by atoms with Crippen molar-refractivity contribution in [1.29, 1.82) is 0 Å². The second kappa shape index (κ2) is 6.41. The van der Waals surface area contributed by atoms with Gasteiger partial charge in [0.1, 0.15) is 11.6 Å². The van der Waals surface area contributed by atoms with Crippen LogP contribution in [0.5, 0.6) is 0 Å². The minimum Gasteiger partial charge on any atom is -0.360 e. The highest BCUT2D eigenvalue weighted by Crippen LogP contribution is 2.29. The molecule has 1 aromatic heterocycles. The molecule has 3 aromatic rings. The van der Waals surface area contributed by atoms with Crippen molar-refractivity contribution >= 4 is 16.7 Å². The summed E-state index contributed by atoms with van der Waals surface area (Å²) >= 11 is 0. The van der Waals surface area contributed by atoms with Crippen molar-refractivity contribution in [2.75, 3.05) is 6.54 Å². The molecule has 0 saturated heterocycles. The molecule has 1 saturated carbocycles. The number of benzene rings is 2. The Labute approximate surface area is 144 Å². The predicted octanol–water partition coefficient (Wildman–Crippen LogP) is 4.29. The highest BCUT2D eigenvalue weighted by Gasteiger charge is 2.31. The largest absolute Gasteiger partial charge is 0.360 e. The van der Waals surface area contributed by atoms with Crippen LogP contribution in [-0.4, -0.2) is 28.3 Å². The Morgan fingerprint density at radius 2 is 1.96 bits per heavy atom. The number of aromatic nitrogens is 1. The van der Waals surface area contributed by atoms with Gasteiger partial charge in [0.2, 0.25) is 0 Å². The highest BCUT2D eigenvalue weighted by molar-refractivity contribution is 6.08. The van der Waals surface area contributed by atoms with Crippen LogP contribution in [0.15, 0.2) is 48.7 Å². The Morgan fingerprint density at radius 3 is 2.72 bits per heavy atom. The first-order valence-electron chi connectivity index (χ1n) is 8.39. The molecule has 1 N–H and O–H groups in total. The predicted molar refractivity (Wildman–Crippen MR) is 92.4 cm³/mol. The minimum absolute atomic E-state index is 0.00636. The number of H-pyrrole nitrogens is 1. The lowest BCUT2D eigenvalue weighted by molar-refractivity contribution is 0.0920. The van der Waals surface area contributed by atoms with E-state index in [1.807, 2.05) is 29.2 Å². The van der Waals surface area contributed by atoms with Gasteiger partial charge >= 0.3 is 0 Å². The fraction of sp³-hybridized carbons (Fsp3) is 0.250. The average Bonchev–Trinajstić information content (AvgIpc) is 3.35. The Hall–Kier alpha value is -2.53. The molecule has 25 heavy (non-hydrogen) atoms. The number of carbonyl (C=O) groups is 1. The van der Waals surface area contributed by atoms with Gasteiger partial charge in [-0.25, -0.2) is 8.78 Å². The van der Waals surface area contributed by atoms with Crippen molar-refractivity contribution in [3.63, 3.8) is 0 Å². The maximum absolute atomic E-state index is 14.0. The molecule has 0 atom stereocenters. The molecule has 128 valence electrons. The van der Waals surface area contributed by atoms with E-state index in [0.717, 1.165) is 29.8 Å². The molecule has 0 spiro atoms. The first kappa shape index (κ1) is 16.0. The number of Topliss-reactive ketones (excluding diaryl/α,β-unsaturated/α-hetero) is 1. The first-order valence-corrected chi connectivity index (χ1v) is 8.39. The smallest absolute Gasteiger partial charge is 0.178 e. The number of halogens is 2. The number of ketones is 1. The second-order valence-corrected chi connectivity index (χ2v) is 6.54. The van der Waals surface area contributed by atoms with E-state index in [1.54, 1.807) is 6.20 Å². The summed E-state index contributed by atoms with van der Waals surface area (Å²) in [6, 6.07) is 11.6. The summed E-state index contributed by atoms with van der Waals surface area (Å²) in [7, 11) is 0. The van der Waals surface area contributed by atoms with Crippen molar-refractivity contribution in [1.82, 2.24) is 9.88 Å². The number of fused-ring (bicyclic) bond motifs is 1. The van der Waals surface area contributed by atoms with Crippen molar-refractivity contribution in [2.24, 2.45) is 0 Å². The summed E-state index contributed by atoms with van der Waals surface area (Å²) < 4.78 is 27.0. The molecular formula is C20H18F2N2O. The monoisotopic (exact) mass is 340 g/mol. The van der Waals surface area contributed by atoms with Gasteiger partial charge in [-0.15, -0.1) is 0 Å². The molecule has 0 aliphatic heterocycles. The third kappa shape index (κ3) is 3.33. The molecule has 0 radical (unpaired) electrons. The molecule has 1 heterocycles. The van der Waals surface area contributed by atoms with E-state index in [0.29, 0.717) is 23.7 Å². The molecule has 5 heteroatoms. The molecule has 0 amide bonds. The van der Waals surface area contributed by atoms with Crippen LogP contribution >= 0.6 is 0 Å². The van der Waals surface area contributed by atoms with Gasteiger partial charge in [-0.3, -0.25) is 9.69 Å². The number of hydrogen-bond donors (Lipinski definition) is 1. The molecule has 0 bridgehead atoms. The molecule has 1 aliphatic rings. The van der Waals surface area contributed by atoms with E-state index in [-0.39, 0.29) is 12.3 Å². The molecule has 3 nitrogen and oxygen atoms in total.